The number of likely N-dealkylation sites (tertiary alicyclic amines) is 1. The second-order valence-corrected chi connectivity index (χ2v) is 9.26. The van der Waals surface area contributed by atoms with E-state index in [0.717, 1.165) is 34.5 Å². The Bertz CT molecular complexity index is 1410. The number of rotatable bonds is 4. The highest BCUT2D eigenvalue weighted by atomic mass is 16.2. The standard InChI is InChI=1S/C30H26N4O/c1-21-11-13-22(14-12-21)26-9-5-6-10-27(26)29(35)33-17-24-19-34(20-25(24)18-33)30-31-16-15-28(32-30)23-7-3-2-4-8-23/h2-16,19,25H,17-18,20H2,1H3. The van der Waals surface area contributed by atoms with Gasteiger partial charge in [0, 0.05) is 49.1 Å². The Labute approximate surface area is 205 Å². The lowest BCUT2D eigenvalue weighted by Crippen LogP contribution is -2.31. The fourth-order valence-corrected chi connectivity index (χ4v) is 4.98. The third-order valence-corrected chi connectivity index (χ3v) is 6.85. The highest BCUT2D eigenvalue weighted by molar-refractivity contribution is 6.01. The van der Waals surface area contributed by atoms with Crippen molar-refractivity contribution in [1.29, 1.82) is 0 Å². The van der Waals surface area contributed by atoms with Crippen molar-refractivity contribution >= 4 is 11.9 Å². The minimum absolute atomic E-state index is 0.0883. The number of hydrogen-bond acceptors (Lipinski definition) is 4. The van der Waals surface area contributed by atoms with E-state index in [1.54, 1.807) is 0 Å². The van der Waals surface area contributed by atoms with Crippen LogP contribution in [0.4, 0.5) is 5.95 Å². The summed E-state index contributed by atoms with van der Waals surface area (Å²) in [6.07, 6.45) is 3.95. The monoisotopic (exact) mass is 458 g/mol. The molecule has 0 bridgehead atoms. The molecule has 4 aromatic rings. The lowest BCUT2D eigenvalue weighted by atomic mass is 9.98. The van der Waals surface area contributed by atoms with Gasteiger partial charge in [-0.15, -0.1) is 0 Å². The van der Waals surface area contributed by atoms with E-state index in [0.29, 0.717) is 25.0 Å². The molecule has 5 heteroatoms. The number of aryl methyl sites for hydroxylation is 1. The van der Waals surface area contributed by atoms with E-state index in [1.807, 2.05) is 59.6 Å². The van der Waals surface area contributed by atoms with Crippen LogP contribution in [0.15, 0.2) is 103 Å². The van der Waals surface area contributed by atoms with E-state index in [1.165, 1.54) is 11.1 Å². The van der Waals surface area contributed by atoms with Gasteiger partial charge in [0.2, 0.25) is 5.95 Å². The molecule has 1 unspecified atom stereocenters. The second-order valence-electron chi connectivity index (χ2n) is 9.26. The summed E-state index contributed by atoms with van der Waals surface area (Å²) < 4.78 is 0. The van der Waals surface area contributed by atoms with Crippen molar-refractivity contribution in [3.8, 4) is 22.4 Å². The molecule has 1 saturated heterocycles. The van der Waals surface area contributed by atoms with E-state index < -0.39 is 0 Å². The fourth-order valence-electron chi connectivity index (χ4n) is 4.98. The summed E-state index contributed by atoms with van der Waals surface area (Å²) in [7, 11) is 0. The van der Waals surface area contributed by atoms with Gasteiger partial charge in [0.15, 0.2) is 0 Å². The fraction of sp³-hybridized carbons (Fsp3) is 0.167. The van der Waals surface area contributed by atoms with E-state index >= 15 is 0 Å². The summed E-state index contributed by atoms with van der Waals surface area (Å²) in [4.78, 5) is 27.0. The van der Waals surface area contributed by atoms with Crippen LogP contribution < -0.4 is 4.90 Å². The van der Waals surface area contributed by atoms with Crippen molar-refractivity contribution in [3.63, 3.8) is 0 Å². The molecule has 1 atom stereocenters. The van der Waals surface area contributed by atoms with Gasteiger partial charge in [-0.05, 0) is 35.8 Å². The van der Waals surface area contributed by atoms with E-state index in [-0.39, 0.29) is 5.91 Å². The predicted octanol–water partition coefficient (Wildman–Crippen LogP) is 5.60. The Hall–Kier alpha value is -4.25. The molecule has 172 valence electrons. The number of carbonyl (C=O) groups is 1. The quantitative estimate of drug-likeness (QED) is 0.400. The Morgan fingerprint density at radius 2 is 1.63 bits per heavy atom. The minimum atomic E-state index is 0.0883. The Morgan fingerprint density at radius 1 is 0.857 bits per heavy atom. The average Bonchev–Trinajstić information content (AvgIpc) is 3.49. The predicted molar refractivity (Wildman–Crippen MR) is 139 cm³/mol. The number of nitrogens with zero attached hydrogens (tertiary/aromatic N) is 4. The number of benzene rings is 3. The van der Waals surface area contributed by atoms with Crippen molar-refractivity contribution in [2.24, 2.45) is 5.92 Å². The molecular formula is C30H26N4O. The molecule has 1 aromatic heterocycles. The number of carbonyl (C=O) groups excluding carboxylic acids is 1. The van der Waals surface area contributed by atoms with Crippen LogP contribution in [-0.4, -0.2) is 40.4 Å². The molecule has 35 heavy (non-hydrogen) atoms. The zero-order valence-electron chi connectivity index (χ0n) is 19.6. The summed E-state index contributed by atoms with van der Waals surface area (Å²) in [6, 6.07) is 28.4. The first-order valence-corrected chi connectivity index (χ1v) is 12.0. The third-order valence-electron chi connectivity index (χ3n) is 6.85. The Kier molecular flexibility index (Phi) is 5.38. The van der Waals surface area contributed by atoms with Crippen molar-refractivity contribution in [3.05, 3.63) is 114 Å². The largest absolute Gasteiger partial charge is 0.334 e. The van der Waals surface area contributed by atoms with Crippen LogP contribution in [0.3, 0.4) is 0 Å². The van der Waals surface area contributed by atoms with Gasteiger partial charge >= 0.3 is 0 Å². The van der Waals surface area contributed by atoms with Crippen LogP contribution in [0, 0.1) is 12.8 Å². The summed E-state index contributed by atoms with van der Waals surface area (Å²) in [5.74, 6) is 1.09. The van der Waals surface area contributed by atoms with Gasteiger partial charge in [0.25, 0.3) is 5.91 Å². The first-order valence-electron chi connectivity index (χ1n) is 12.0. The SMILES string of the molecule is Cc1ccc(-c2ccccc2C(=O)N2CC3=CN(c4nccc(-c5ccccc5)n4)CC3C2)cc1. The van der Waals surface area contributed by atoms with Gasteiger partial charge in [-0.2, -0.15) is 0 Å². The molecule has 2 aliphatic rings. The van der Waals surface area contributed by atoms with Crippen LogP contribution >= 0.6 is 0 Å². The topological polar surface area (TPSA) is 49.3 Å². The van der Waals surface area contributed by atoms with Crippen LogP contribution in [-0.2, 0) is 0 Å². The number of hydrogen-bond donors (Lipinski definition) is 0. The van der Waals surface area contributed by atoms with Crippen molar-refractivity contribution in [2.75, 3.05) is 24.5 Å². The summed E-state index contributed by atoms with van der Waals surface area (Å²) in [6.45, 7) is 4.21. The van der Waals surface area contributed by atoms with E-state index in [4.69, 9.17) is 4.98 Å². The maximum atomic E-state index is 13.6. The smallest absolute Gasteiger partial charge is 0.254 e. The number of amides is 1. The highest BCUT2D eigenvalue weighted by Crippen LogP contribution is 2.34. The van der Waals surface area contributed by atoms with Crippen molar-refractivity contribution in [1.82, 2.24) is 14.9 Å². The zero-order chi connectivity index (χ0) is 23.8. The molecule has 5 nitrogen and oxygen atoms in total. The maximum Gasteiger partial charge on any atom is 0.254 e. The maximum absolute atomic E-state index is 13.6. The van der Waals surface area contributed by atoms with Crippen LogP contribution in [0.25, 0.3) is 22.4 Å². The van der Waals surface area contributed by atoms with Crippen LogP contribution in [0.2, 0.25) is 0 Å². The second kappa shape index (κ2) is 8.84. The number of aromatic nitrogens is 2. The van der Waals surface area contributed by atoms with Gasteiger partial charge in [0.05, 0.1) is 5.69 Å². The lowest BCUT2D eigenvalue weighted by Gasteiger charge is -2.21. The molecule has 0 N–H and O–H groups in total. The molecule has 1 fully saturated rings. The molecule has 0 aliphatic carbocycles. The highest BCUT2D eigenvalue weighted by Gasteiger charge is 2.37. The molecule has 2 aliphatic heterocycles. The molecule has 6 rings (SSSR count). The lowest BCUT2D eigenvalue weighted by molar-refractivity contribution is 0.0790. The zero-order valence-corrected chi connectivity index (χ0v) is 19.6. The van der Waals surface area contributed by atoms with Crippen molar-refractivity contribution in [2.45, 2.75) is 6.92 Å². The first-order chi connectivity index (χ1) is 17.2. The first kappa shape index (κ1) is 21.3. The number of fused-ring (bicyclic) bond motifs is 1. The van der Waals surface area contributed by atoms with Crippen LogP contribution in [0.1, 0.15) is 15.9 Å². The van der Waals surface area contributed by atoms with Crippen molar-refractivity contribution < 1.29 is 4.79 Å². The molecule has 0 radical (unpaired) electrons. The van der Waals surface area contributed by atoms with Crippen LogP contribution in [0.5, 0.6) is 0 Å². The van der Waals surface area contributed by atoms with E-state index in [9.17, 15) is 4.79 Å². The molecule has 3 heterocycles. The summed E-state index contributed by atoms with van der Waals surface area (Å²) in [5, 5.41) is 0. The van der Waals surface area contributed by atoms with Gasteiger partial charge in [-0.25, -0.2) is 9.97 Å². The molecule has 3 aromatic carbocycles. The normalized spacial score (nSPS) is 16.8. The molecule has 0 spiro atoms. The Balaban J connectivity index is 1.21. The molecule has 0 saturated carbocycles. The Morgan fingerprint density at radius 3 is 2.43 bits per heavy atom. The van der Waals surface area contributed by atoms with Gasteiger partial charge in [0.1, 0.15) is 0 Å². The van der Waals surface area contributed by atoms with Gasteiger partial charge in [-0.1, -0.05) is 78.4 Å². The van der Waals surface area contributed by atoms with Gasteiger partial charge in [-0.3, -0.25) is 4.79 Å². The van der Waals surface area contributed by atoms with E-state index in [2.05, 4.69) is 59.4 Å². The van der Waals surface area contributed by atoms with Gasteiger partial charge < -0.3 is 9.80 Å². The summed E-state index contributed by atoms with van der Waals surface area (Å²) in [5.41, 5.74) is 7.27. The third kappa shape index (κ3) is 4.10. The molecule has 1 amide bonds. The summed E-state index contributed by atoms with van der Waals surface area (Å²) >= 11 is 0. The number of anilines is 1. The molecular weight excluding hydrogens is 432 g/mol. The average molecular weight is 459 g/mol. The minimum Gasteiger partial charge on any atom is -0.334 e.